The van der Waals surface area contributed by atoms with Gasteiger partial charge in [-0.2, -0.15) is 0 Å². The number of anilines is 2. The van der Waals surface area contributed by atoms with Crippen molar-refractivity contribution in [2.45, 2.75) is 75.1 Å². The Morgan fingerprint density at radius 2 is 1.61 bits per heavy atom. The average Bonchev–Trinajstić information content (AvgIpc) is 3.22. The Morgan fingerprint density at radius 3 is 2.20 bits per heavy atom. The molecule has 2 amide bonds. The van der Waals surface area contributed by atoms with Crippen molar-refractivity contribution >= 4 is 51.9 Å². The van der Waals surface area contributed by atoms with Crippen molar-refractivity contribution in [3.05, 3.63) is 78.4 Å². The third-order valence-corrected chi connectivity index (χ3v) is 14.9. The molecule has 2 atom stereocenters. The number of carbonyl (C=O) groups excluding carboxylic acids is 2. The lowest BCUT2D eigenvalue weighted by atomic mass is 9.79. The quantitative estimate of drug-likeness (QED) is 0.0988. The Bertz CT molecular complexity index is 1760. The molecule has 0 bridgehead atoms. The van der Waals surface area contributed by atoms with E-state index in [0.717, 1.165) is 44.2 Å². The molecule has 2 N–H and O–H groups in total. The third kappa shape index (κ3) is 10.9. The van der Waals surface area contributed by atoms with E-state index in [-0.39, 0.29) is 17.2 Å². The molecule has 51 heavy (non-hydrogen) atoms. The van der Waals surface area contributed by atoms with Crippen LogP contribution in [0.1, 0.15) is 70.9 Å². The Balaban J connectivity index is 1.64. The molecule has 278 valence electrons. The normalized spacial score (nSPS) is 16.6. The van der Waals surface area contributed by atoms with E-state index in [9.17, 15) is 22.6 Å². The number of nitrogens with one attached hydrogen (secondary N) is 2. The second-order valence-corrected chi connectivity index (χ2v) is 20.2. The minimum absolute atomic E-state index is 0.0362. The van der Waals surface area contributed by atoms with Crippen molar-refractivity contribution in [1.29, 1.82) is 0 Å². The summed E-state index contributed by atoms with van der Waals surface area (Å²) in [5.41, 5.74) is 1.69. The van der Waals surface area contributed by atoms with Crippen molar-refractivity contribution in [2.24, 2.45) is 5.41 Å². The number of carbonyl (C=O) groups is 2. The number of nitrogens with zero attached hydrogens (tertiary/aromatic N) is 1. The van der Waals surface area contributed by atoms with Gasteiger partial charge in [0.15, 0.2) is 16.4 Å². The lowest BCUT2D eigenvalue weighted by Gasteiger charge is -2.37. The molecular formula is C39H54N3O6PS2. The lowest BCUT2D eigenvalue weighted by molar-refractivity contribution is -0.130. The molecule has 0 spiro atoms. The minimum atomic E-state index is -3.77. The van der Waals surface area contributed by atoms with Crippen molar-refractivity contribution in [2.75, 3.05) is 55.6 Å². The molecule has 1 unspecified atom stereocenters. The fourth-order valence-corrected chi connectivity index (χ4v) is 10.1. The SMILES string of the molecule is CCCCC1(CCCC)CN(c2ccccc2)c2cc(SC)c(OCC(=O)N[C@@H](C(=O)NCCP(C)(=O)CC)c3ccccc3)cc2S(=O)(=O)C1. The van der Waals surface area contributed by atoms with Crippen LogP contribution in [-0.4, -0.2) is 70.9 Å². The van der Waals surface area contributed by atoms with E-state index < -0.39 is 46.9 Å². The smallest absolute Gasteiger partial charge is 0.258 e. The maximum atomic E-state index is 14.4. The number of thioether (sulfide) groups is 1. The number of benzene rings is 3. The summed E-state index contributed by atoms with van der Waals surface area (Å²) in [4.78, 5) is 29.7. The number of para-hydroxylation sites is 1. The summed E-state index contributed by atoms with van der Waals surface area (Å²) in [6, 6.07) is 21.3. The third-order valence-electron chi connectivity index (χ3n) is 9.66. The van der Waals surface area contributed by atoms with Crippen LogP contribution >= 0.6 is 18.9 Å². The molecule has 0 aromatic heterocycles. The van der Waals surface area contributed by atoms with Crippen LogP contribution in [0.4, 0.5) is 11.4 Å². The van der Waals surface area contributed by atoms with Gasteiger partial charge >= 0.3 is 0 Å². The molecule has 0 saturated heterocycles. The van der Waals surface area contributed by atoms with E-state index in [1.54, 1.807) is 37.0 Å². The fraction of sp³-hybridized carbons (Fsp3) is 0.487. The number of ether oxygens (including phenoxy) is 1. The summed E-state index contributed by atoms with van der Waals surface area (Å²) in [5, 5.41) is 5.62. The van der Waals surface area contributed by atoms with E-state index >= 15 is 0 Å². The maximum absolute atomic E-state index is 14.4. The zero-order valence-corrected chi connectivity index (χ0v) is 33.2. The van der Waals surface area contributed by atoms with Gasteiger partial charge in [-0.15, -0.1) is 11.8 Å². The number of amides is 2. The van der Waals surface area contributed by atoms with Crippen molar-refractivity contribution in [3.8, 4) is 5.75 Å². The van der Waals surface area contributed by atoms with E-state index in [4.69, 9.17) is 4.74 Å². The second kappa shape index (κ2) is 18.5. The van der Waals surface area contributed by atoms with Crippen LogP contribution in [-0.2, 0) is 24.0 Å². The number of sulfone groups is 1. The predicted molar refractivity (Wildman–Crippen MR) is 210 cm³/mol. The Hall–Kier alpha value is -3.27. The first-order valence-electron chi connectivity index (χ1n) is 17.9. The molecule has 0 fully saturated rings. The molecule has 3 aromatic carbocycles. The van der Waals surface area contributed by atoms with E-state index in [1.165, 1.54) is 11.8 Å². The van der Waals surface area contributed by atoms with Crippen molar-refractivity contribution in [1.82, 2.24) is 10.6 Å². The van der Waals surface area contributed by atoms with Gasteiger partial charge in [-0.25, -0.2) is 8.42 Å². The molecule has 4 rings (SSSR count). The van der Waals surface area contributed by atoms with Crippen LogP contribution in [0.2, 0.25) is 0 Å². The molecular weight excluding hydrogens is 702 g/mol. The van der Waals surface area contributed by atoms with Gasteiger partial charge < -0.3 is 24.8 Å². The van der Waals surface area contributed by atoms with Crippen LogP contribution in [0.25, 0.3) is 0 Å². The van der Waals surface area contributed by atoms with Crippen LogP contribution < -0.4 is 20.3 Å². The lowest BCUT2D eigenvalue weighted by Crippen LogP contribution is -2.42. The van der Waals surface area contributed by atoms with Crippen LogP contribution in [0.15, 0.2) is 82.6 Å². The van der Waals surface area contributed by atoms with Gasteiger partial charge in [-0.1, -0.05) is 95.0 Å². The van der Waals surface area contributed by atoms with Gasteiger partial charge in [0.2, 0.25) is 5.91 Å². The number of hydrogen-bond acceptors (Lipinski definition) is 8. The zero-order chi connectivity index (χ0) is 37.1. The highest BCUT2D eigenvalue weighted by molar-refractivity contribution is 7.98. The summed E-state index contributed by atoms with van der Waals surface area (Å²) in [7, 11) is -6.11. The standard InChI is InChI=1S/C39H54N3O6PS2/c1-6-9-21-39(22-10-7-2)28-42(31-19-15-12-16-20-31)32-25-34(50-5)33(26-35(32)51(46,47)29-39)48-27-36(43)41-37(30-17-13-11-14-18-30)38(44)40-23-24-49(4,45)8-3/h11-20,25-26,37H,6-10,21-24,27-29H2,1-5H3,(H,40,44)(H,41,43)/t37-,49?/m1/s1. The molecule has 9 nitrogen and oxygen atoms in total. The Kier molecular flexibility index (Phi) is 14.7. The fourth-order valence-electron chi connectivity index (χ4n) is 6.55. The highest BCUT2D eigenvalue weighted by Crippen LogP contribution is 2.48. The van der Waals surface area contributed by atoms with E-state index in [0.29, 0.717) is 40.8 Å². The molecule has 1 aliphatic rings. The van der Waals surface area contributed by atoms with Crippen LogP contribution in [0.5, 0.6) is 5.75 Å². The summed E-state index contributed by atoms with van der Waals surface area (Å²) in [6.07, 6.45) is 8.27. The summed E-state index contributed by atoms with van der Waals surface area (Å²) in [5.74, 6) is -0.625. The molecule has 3 aromatic rings. The van der Waals surface area contributed by atoms with Crippen LogP contribution in [0, 0.1) is 5.41 Å². The second-order valence-electron chi connectivity index (χ2n) is 13.7. The Morgan fingerprint density at radius 1 is 0.980 bits per heavy atom. The minimum Gasteiger partial charge on any atom is -0.483 e. The topological polar surface area (TPSA) is 122 Å². The molecule has 1 aliphatic heterocycles. The molecule has 1 heterocycles. The number of unbranched alkanes of at least 4 members (excludes halogenated alkanes) is 2. The molecule has 0 saturated carbocycles. The summed E-state index contributed by atoms with van der Waals surface area (Å²) >= 11 is 1.41. The largest absolute Gasteiger partial charge is 0.483 e. The number of fused-ring (bicyclic) bond motifs is 1. The van der Waals surface area contributed by atoms with Gasteiger partial charge in [0.05, 0.1) is 28.4 Å². The molecule has 12 heteroatoms. The van der Waals surface area contributed by atoms with Crippen molar-refractivity contribution in [3.63, 3.8) is 0 Å². The van der Waals surface area contributed by atoms with E-state index in [1.807, 2.05) is 55.6 Å². The summed E-state index contributed by atoms with van der Waals surface area (Å²) < 4.78 is 47.4. The Labute approximate surface area is 309 Å². The van der Waals surface area contributed by atoms with Gasteiger partial charge in [-0.3, -0.25) is 9.59 Å². The number of hydrogen-bond donors (Lipinski definition) is 2. The highest BCUT2D eigenvalue weighted by atomic mass is 32.2. The average molecular weight is 756 g/mol. The van der Waals surface area contributed by atoms with Gasteiger partial charge in [-0.05, 0) is 55.7 Å². The van der Waals surface area contributed by atoms with Crippen molar-refractivity contribution < 1.29 is 27.3 Å². The first kappa shape index (κ1) is 40.5. The monoisotopic (exact) mass is 755 g/mol. The first-order chi connectivity index (χ1) is 24.4. The van der Waals surface area contributed by atoms with Gasteiger partial charge in [0.25, 0.3) is 5.91 Å². The van der Waals surface area contributed by atoms with E-state index in [2.05, 4.69) is 29.4 Å². The summed E-state index contributed by atoms with van der Waals surface area (Å²) in [6.45, 7) is 8.25. The van der Waals surface area contributed by atoms with Gasteiger partial charge in [0.1, 0.15) is 11.8 Å². The highest BCUT2D eigenvalue weighted by Gasteiger charge is 2.42. The molecule has 0 radical (unpaired) electrons. The van der Waals surface area contributed by atoms with Gasteiger partial charge in [0, 0.05) is 36.4 Å². The maximum Gasteiger partial charge on any atom is 0.258 e. The first-order valence-corrected chi connectivity index (χ1v) is 23.4. The molecule has 0 aliphatic carbocycles. The van der Waals surface area contributed by atoms with Crippen LogP contribution in [0.3, 0.4) is 0 Å². The zero-order valence-electron chi connectivity index (χ0n) is 30.7. The predicted octanol–water partition coefficient (Wildman–Crippen LogP) is 8.07. The number of rotatable bonds is 18.